The molecule has 4 rings (SSSR count). The number of methoxy groups -OCH3 is 1. The molecule has 3 atom stereocenters. The van der Waals surface area contributed by atoms with Gasteiger partial charge in [-0.1, -0.05) is 6.07 Å². The third-order valence-electron chi connectivity index (χ3n) is 4.87. The van der Waals surface area contributed by atoms with Crippen LogP contribution >= 0.6 is 0 Å². The van der Waals surface area contributed by atoms with Crippen molar-refractivity contribution in [1.29, 1.82) is 0 Å². The van der Waals surface area contributed by atoms with Gasteiger partial charge in [0.25, 0.3) is 5.91 Å². The molecular formula is C18H19N3O6. The van der Waals surface area contributed by atoms with Gasteiger partial charge in [-0.15, -0.1) is 0 Å². The largest absolute Gasteiger partial charge is 0.497 e. The van der Waals surface area contributed by atoms with Gasteiger partial charge >= 0.3 is 5.97 Å². The van der Waals surface area contributed by atoms with Gasteiger partial charge < -0.3 is 14.2 Å². The second-order valence-electron chi connectivity index (χ2n) is 6.53. The molecule has 0 bridgehead atoms. The number of imide groups is 1. The molecule has 0 unspecified atom stereocenters. The van der Waals surface area contributed by atoms with Crippen molar-refractivity contribution >= 4 is 29.2 Å². The first kappa shape index (κ1) is 17.5. The highest BCUT2D eigenvalue weighted by atomic mass is 16.6. The van der Waals surface area contributed by atoms with Gasteiger partial charge in [-0.2, -0.15) is 5.10 Å². The van der Waals surface area contributed by atoms with E-state index in [9.17, 15) is 14.4 Å². The fraction of sp³-hybridized carbons (Fsp3) is 0.444. The number of hydrogen-bond acceptors (Lipinski definition) is 8. The number of ether oxygens (including phenoxy) is 3. The number of hydrogen-bond donors (Lipinski definition) is 1. The molecule has 142 valence electrons. The first-order valence-electron chi connectivity index (χ1n) is 8.74. The minimum absolute atomic E-state index is 0.0817. The van der Waals surface area contributed by atoms with Crippen LogP contribution in [0.1, 0.15) is 12.8 Å². The molecule has 0 spiro atoms. The van der Waals surface area contributed by atoms with Crippen molar-refractivity contribution in [3.63, 3.8) is 0 Å². The summed E-state index contributed by atoms with van der Waals surface area (Å²) in [5.74, 6) is -2.18. The number of esters is 1. The smallest absolute Gasteiger partial charge is 0.355 e. The summed E-state index contributed by atoms with van der Waals surface area (Å²) in [6, 6.07) is 5.70. The zero-order valence-electron chi connectivity index (χ0n) is 14.7. The molecule has 0 aliphatic carbocycles. The molecule has 9 nitrogen and oxygen atoms in total. The quantitative estimate of drug-likeness (QED) is 0.582. The Balaban J connectivity index is 1.50. The zero-order chi connectivity index (χ0) is 19.0. The Bertz CT molecular complexity index is 817. The molecule has 2 saturated heterocycles. The standard InChI is InChI=1S/C18H19N3O6/c1-25-11-5-2-4-10(8-11)21-16(22)13-14(17(21)23)19-20-15(13)18(24)27-9-12-6-3-7-26-12/h2,4-5,8,12-14,19H,3,6-7,9H2,1H3/t12-,13-,14-/m0/s1. The molecule has 3 heterocycles. The second kappa shape index (κ2) is 6.99. The zero-order valence-corrected chi connectivity index (χ0v) is 14.7. The van der Waals surface area contributed by atoms with Crippen LogP contribution in [0.5, 0.6) is 5.75 Å². The number of amides is 2. The molecule has 9 heteroatoms. The molecule has 3 aliphatic heterocycles. The number of hydrazone groups is 1. The van der Waals surface area contributed by atoms with Crippen molar-refractivity contribution in [2.24, 2.45) is 11.0 Å². The predicted octanol–water partition coefficient (Wildman–Crippen LogP) is 0.235. The number of benzene rings is 1. The van der Waals surface area contributed by atoms with Gasteiger partial charge in [0, 0.05) is 12.7 Å². The maximum Gasteiger partial charge on any atom is 0.355 e. The molecular weight excluding hydrogens is 354 g/mol. The van der Waals surface area contributed by atoms with Gasteiger partial charge in [-0.3, -0.25) is 15.0 Å². The average molecular weight is 373 g/mol. The van der Waals surface area contributed by atoms with Gasteiger partial charge in [-0.25, -0.2) is 9.69 Å². The van der Waals surface area contributed by atoms with Crippen molar-refractivity contribution in [2.75, 3.05) is 25.2 Å². The Kier molecular flexibility index (Phi) is 4.53. The van der Waals surface area contributed by atoms with Crippen molar-refractivity contribution in [3.8, 4) is 5.75 Å². The highest BCUT2D eigenvalue weighted by molar-refractivity contribution is 6.46. The molecule has 1 aromatic rings. The van der Waals surface area contributed by atoms with E-state index >= 15 is 0 Å². The van der Waals surface area contributed by atoms with Crippen molar-refractivity contribution in [1.82, 2.24) is 5.43 Å². The highest BCUT2D eigenvalue weighted by Crippen LogP contribution is 2.32. The highest BCUT2D eigenvalue weighted by Gasteiger charge is 2.55. The maximum atomic E-state index is 12.9. The van der Waals surface area contributed by atoms with Crippen LogP contribution in [0.4, 0.5) is 5.69 Å². The Morgan fingerprint density at radius 1 is 1.37 bits per heavy atom. The van der Waals surface area contributed by atoms with Gasteiger partial charge in [0.1, 0.15) is 24.3 Å². The first-order valence-corrected chi connectivity index (χ1v) is 8.74. The van der Waals surface area contributed by atoms with E-state index in [1.54, 1.807) is 24.3 Å². The molecule has 3 aliphatic rings. The Morgan fingerprint density at radius 2 is 2.22 bits per heavy atom. The van der Waals surface area contributed by atoms with Crippen LogP contribution in [0.15, 0.2) is 29.4 Å². The second-order valence-corrected chi connectivity index (χ2v) is 6.53. The van der Waals surface area contributed by atoms with Crippen molar-refractivity contribution < 1.29 is 28.6 Å². The number of anilines is 1. The van der Waals surface area contributed by atoms with Gasteiger partial charge in [0.05, 0.1) is 18.9 Å². The van der Waals surface area contributed by atoms with Crippen LogP contribution in [0.3, 0.4) is 0 Å². The summed E-state index contributed by atoms with van der Waals surface area (Å²) < 4.78 is 15.8. The monoisotopic (exact) mass is 373 g/mol. The van der Waals surface area contributed by atoms with Crippen molar-refractivity contribution in [2.45, 2.75) is 25.0 Å². The van der Waals surface area contributed by atoms with Crippen LogP contribution in [-0.4, -0.2) is 56.0 Å². The number of nitrogens with one attached hydrogen (secondary N) is 1. The van der Waals surface area contributed by atoms with E-state index in [4.69, 9.17) is 14.2 Å². The Labute approximate surface area is 155 Å². The minimum atomic E-state index is -0.999. The van der Waals surface area contributed by atoms with Crippen molar-refractivity contribution in [3.05, 3.63) is 24.3 Å². The molecule has 0 aromatic heterocycles. The average Bonchev–Trinajstić information content (AvgIpc) is 3.39. The fourth-order valence-electron chi connectivity index (χ4n) is 3.48. The summed E-state index contributed by atoms with van der Waals surface area (Å²) in [6.45, 7) is 0.759. The summed E-state index contributed by atoms with van der Waals surface area (Å²) in [5, 5.41) is 3.89. The van der Waals surface area contributed by atoms with Crippen LogP contribution in [-0.2, 0) is 23.9 Å². The van der Waals surface area contributed by atoms with E-state index in [0.29, 0.717) is 18.0 Å². The van der Waals surface area contributed by atoms with E-state index in [1.165, 1.54) is 7.11 Å². The Hall–Kier alpha value is -2.94. The molecule has 1 N–H and O–H groups in total. The number of carbonyl (C=O) groups excluding carboxylic acids is 3. The van der Waals surface area contributed by atoms with Crippen LogP contribution in [0.2, 0.25) is 0 Å². The summed E-state index contributed by atoms with van der Waals surface area (Å²) >= 11 is 0. The number of rotatable bonds is 5. The lowest BCUT2D eigenvalue weighted by molar-refractivity contribution is -0.139. The van der Waals surface area contributed by atoms with E-state index in [2.05, 4.69) is 10.5 Å². The number of nitrogens with zero attached hydrogens (tertiary/aromatic N) is 2. The van der Waals surface area contributed by atoms with Gasteiger partial charge in [-0.05, 0) is 25.0 Å². The van der Waals surface area contributed by atoms with E-state index < -0.39 is 29.7 Å². The number of carbonyl (C=O) groups is 3. The first-order chi connectivity index (χ1) is 13.1. The lowest BCUT2D eigenvalue weighted by atomic mass is 9.99. The predicted molar refractivity (Wildman–Crippen MR) is 93.3 cm³/mol. The topological polar surface area (TPSA) is 107 Å². The van der Waals surface area contributed by atoms with Crippen LogP contribution in [0.25, 0.3) is 0 Å². The summed E-state index contributed by atoms with van der Waals surface area (Å²) in [7, 11) is 1.50. The van der Waals surface area contributed by atoms with E-state index in [1.807, 2.05) is 0 Å². The maximum absolute atomic E-state index is 12.9. The normalized spacial score (nSPS) is 26.6. The summed E-state index contributed by atoms with van der Waals surface area (Å²) in [4.78, 5) is 39.0. The summed E-state index contributed by atoms with van der Waals surface area (Å²) in [6.07, 6.45) is 1.62. The molecule has 27 heavy (non-hydrogen) atoms. The molecule has 0 saturated carbocycles. The van der Waals surface area contributed by atoms with Crippen LogP contribution in [0, 0.1) is 5.92 Å². The minimum Gasteiger partial charge on any atom is -0.497 e. The summed E-state index contributed by atoms with van der Waals surface area (Å²) in [5.41, 5.74) is 2.90. The van der Waals surface area contributed by atoms with Crippen LogP contribution < -0.4 is 15.1 Å². The molecule has 1 aromatic carbocycles. The lowest BCUT2D eigenvalue weighted by Gasteiger charge is -2.16. The SMILES string of the molecule is COc1cccc(N2C(=O)[C@@H]3C(C(=O)OC[C@@H]4CCCO4)=NN[C@@H]3C2=O)c1. The molecule has 2 amide bonds. The fourth-order valence-corrected chi connectivity index (χ4v) is 3.48. The molecule has 2 fully saturated rings. The molecule has 0 radical (unpaired) electrons. The van der Waals surface area contributed by atoms with Gasteiger partial charge in [0.2, 0.25) is 5.91 Å². The third-order valence-corrected chi connectivity index (χ3v) is 4.87. The lowest BCUT2D eigenvalue weighted by Crippen LogP contribution is -2.36. The van der Waals surface area contributed by atoms with E-state index in [0.717, 1.165) is 17.7 Å². The Morgan fingerprint density at radius 3 is 2.96 bits per heavy atom. The number of fused-ring (bicyclic) bond motifs is 1. The van der Waals surface area contributed by atoms with Gasteiger partial charge in [0.15, 0.2) is 5.71 Å². The van der Waals surface area contributed by atoms with E-state index in [-0.39, 0.29) is 18.4 Å². The third kappa shape index (κ3) is 3.03.